The van der Waals surface area contributed by atoms with Crippen molar-refractivity contribution >= 4 is 5.69 Å². The Morgan fingerprint density at radius 1 is 1.50 bits per heavy atom. The lowest BCUT2D eigenvalue weighted by Gasteiger charge is -2.13. The van der Waals surface area contributed by atoms with Gasteiger partial charge in [0.15, 0.2) is 0 Å². The highest BCUT2D eigenvalue weighted by atomic mass is 16.6. The molecule has 0 heterocycles. The zero-order chi connectivity index (χ0) is 11.8. The van der Waals surface area contributed by atoms with Gasteiger partial charge in [0.05, 0.1) is 4.92 Å². The molecule has 0 atom stereocenters. The van der Waals surface area contributed by atoms with Crippen LogP contribution in [0, 0.1) is 22.5 Å². The van der Waals surface area contributed by atoms with Crippen molar-refractivity contribution in [3.63, 3.8) is 0 Å². The molecule has 4 nitrogen and oxygen atoms in total. The SMILES string of the molecule is Cc1ccc([N+](=O)[O-])cc1CC1(CO)CC1. The van der Waals surface area contributed by atoms with Crippen molar-refractivity contribution < 1.29 is 10.0 Å². The molecule has 2 rings (SSSR count). The fourth-order valence-corrected chi connectivity index (χ4v) is 1.93. The summed E-state index contributed by atoms with van der Waals surface area (Å²) in [5, 5.41) is 19.9. The number of aryl methyl sites for hydroxylation is 1. The van der Waals surface area contributed by atoms with E-state index in [1.807, 2.05) is 6.92 Å². The van der Waals surface area contributed by atoms with Crippen LogP contribution >= 0.6 is 0 Å². The Morgan fingerprint density at radius 2 is 2.19 bits per heavy atom. The number of aliphatic hydroxyl groups is 1. The lowest BCUT2D eigenvalue weighted by molar-refractivity contribution is -0.384. The second-order valence-electron chi connectivity index (χ2n) is 4.70. The number of nitro benzene ring substituents is 1. The van der Waals surface area contributed by atoms with Gasteiger partial charge < -0.3 is 5.11 Å². The molecule has 0 radical (unpaired) electrons. The number of aliphatic hydroxyl groups excluding tert-OH is 1. The lowest BCUT2D eigenvalue weighted by Crippen LogP contribution is -2.11. The van der Waals surface area contributed by atoms with E-state index in [9.17, 15) is 15.2 Å². The zero-order valence-electron chi connectivity index (χ0n) is 9.27. The van der Waals surface area contributed by atoms with E-state index in [0.717, 1.165) is 30.4 Å². The van der Waals surface area contributed by atoms with Gasteiger partial charge in [0.25, 0.3) is 5.69 Å². The fourth-order valence-electron chi connectivity index (χ4n) is 1.93. The molecule has 1 saturated carbocycles. The van der Waals surface area contributed by atoms with Crippen molar-refractivity contribution in [3.05, 3.63) is 39.4 Å². The van der Waals surface area contributed by atoms with Gasteiger partial charge in [-0.05, 0) is 42.7 Å². The van der Waals surface area contributed by atoms with Crippen LogP contribution in [-0.2, 0) is 6.42 Å². The summed E-state index contributed by atoms with van der Waals surface area (Å²) in [5.74, 6) is 0. The first-order valence-corrected chi connectivity index (χ1v) is 5.41. The maximum Gasteiger partial charge on any atom is 0.269 e. The minimum absolute atomic E-state index is 0.0000180. The highest BCUT2D eigenvalue weighted by Crippen LogP contribution is 2.48. The largest absolute Gasteiger partial charge is 0.396 e. The Labute approximate surface area is 94.1 Å². The molecule has 0 aliphatic heterocycles. The molecule has 1 N–H and O–H groups in total. The van der Waals surface area contributed by atoms with Gasteiger partial charge >= 0.3 is 0 Å². The molecule has 0 bridgehead atoms. The molecular formula is C12H15NO3. The van der Waals surface area contributed by atoms with Crippen molar-refractivity contribution in [3.8, 4) is 0 Å². The van der Waals surface area contributed by atoms with Crippen molar-refractivity contribution in [1.29, 1.82) is 0 Å². The average Bonchev–Trinajstić information content (AvgIpc) is 3.02. The number of non-ortho nitro benzene ring substituents is 1. The van der Waals surface area contributed by atoms with Crippen molar-refractivity contribution in [2.75, 3.05) is 6.61 Å². The third-order valence-electron chi connectivity index (χ3n) is 3.40. The summed E-state index contributed by atoms with van der Waals surface area (Å²) < 4.78 is 0. The van der Waals surface area contributed by atoms with E-state index >= 15 is 0 Å². The molecule has 0 amide bonds. The standard InChI is InChI=1S/C12H15NO3/c1-9-2-3-11(13(15)16)6-10(9)7-12(8-14)4-5-12/h2-3,6,14H,4-5,7-8H2,1H3. The second kappa shape index (κ2) is 3.87. The summed E-state index contributed by atoms with van der Waals surface area (Å²) in [4.78, 5) is 10.3. The monoisotopic (exact) mass is 221 g/mol. The van der Waals surface area contributed by atoms with Gasteiger partial charge in [-0.25, -0.2) is 0 Å². The van der Waals surface area contributed by atoms with Crippen LogP contribution in [0.15, 0.2) is 18.2 Å². The first-order valence-electron chi connectivity index (χ1n) is 5.41. The molecule has 86 valence electrons. The summed E-state index contributed by atoms with van der Waals surface area (Å²) in [6, 6.07) is 4.93. The number of rotatable bonds is 4. The number of nitrogens with zero attached hydrogens (tertiary/aromatic N) is 1. The van der Waals surface area contributed by atoms with Crippen molar-refractivity contribution in [2.24, 2.45) is 5.41 Å². The zero-order valence-corrected chi connectivity index (χ0v) is 9.27. The highest BCUT2D eigenvalue weighted by molar-refractivity contribution is 5.40. The van der Waals surface area contributed by atoms with E-state index in [0.29, 0.717) is 0 Å². The Morgan fingerprint density at radius 3 is 2.69 bits per heavy atom. The van der Waals surface area contributed by atoms with Gasteiger partial charge in [0.1, 0.15) is 0 Å². The minimum Gasteiger partial charge on any atom is -0.396 e. The van der Waals surface area contributed by atoms with Crippen LogP contribution in [0.4, 0.5) is 5.69 Å². The average molecular weight is 221 g/mol. The molecule has 1 aliphatic rings. The molecule has 16 heavy (non-hydrogen) atoms. The van der Waals surface area contributed by atoms with Crippen LogP contribution in [0.25, 0.3) is 0 Å². The fraction of sp³-hybridized carbons (Fsp3) is 0.500. The van der Waals surface area contributed by atoms with Crippen LogP contribution in [0.1, 0.15) is 24.0 Å². The van der Waals surface area contributed by atoms with E-state index in [4.69, 9.17) is 0 Å². The van der Waals surface area contributed by atoms with Crippen LogP contribution in [-0.4, -0.2) is 16.6 Å². The molecule has 0 saturated heterocycles. The third-order valence-corrected chi connectivity index (χ3v) is 3.40. The minimum atomic E-state index is -0.374. The maximum absolute atomic E-state index is 10.7. The molecule has 4 heteroatoms. The van der Waals surface area contributed by atoms with E-state index in [1.165, 1.54) is 6.07 Å². The van der Waals surface area contributed by atoms with Gasteiger partial charge in [-0.15, -0.1) is 0 Å². The normalized spacial score (nSPS) is 17.1. The maximum atomic E-state index is 10.7. The van der Waals surface area contributed by atoms with Crippen molar-refractivity contribution in [2.45, 2.75) is 26.2 Å². The second-order valence-corrected chi connectivity index (χ2v) is 4.70. The molecule has 0 spiro atoms. The number of hydrogen-bond donors (Lipinski definition) is 1. The number of nitro groups is 1. The topological polar surface area (TPSA) is 63.4 Å². The van der Waals surface area contributed by atoms with Crippen LogP contribution in [0.2, 0.25) is 0 Å². The summed E-state index contributed by atoms with van der Waals surface area (Å²) in [5.41, 5.74) is 2.18. The van der Waals surface area contributed by atoms with Crippen LogP contribution < -0.4 is 0 Å². The first kappa shape index (κ1) is 11.1. The molecule has 1 fully saturated rings. The summed E-state index contributed by atoms with van der Waals surface area (Å²) >= 11 is 0. The van der Waals surface area contributed by atoms with Gasteiger partial charge in [-0.3, -0.25) is 10.1 Å². The molecule has 1 aliphatic carbocycles. The molecule has 0 unspecified atom stereocenters. The van der Waals surface area contributed by atoms with E-state index in [1.54, 1.807) is 12.1 Å². The first-order chi connectivity index (χ1) is 7.56. The highest BCUT2D eigenvalue weighted by Gasteiger charge is 2.42. The van der Waals surface area contributed by atoms with Gasteiger partial charge in [-0.2, -0.15) is 0 Å². The molecule has 0 aromatic heterocycles. The predicted molar refractivity (Wildman–Crippen MR) is 60.3 cm³/mol. The third kappa shape index (κ3) is 2.07. The van der Waals surface area contributed by atoms with Crippen molar-refractivity contribution in [1.82, 2.24) is 0 Å². The van der Waals surface area contributed by atoms with Crippen LogP contribution in [0.3, 0.4) is 0 Å². The smallest absolute Gasteiger partial charge is 0.269 e. The van der Waals surface area contributed by atoms with Gasteiger partial charge in [0, 0.05) is 18.7 Å². The number of benzene rings is 1. The van der Waals surface area contributed by atoms with Gasteiger partial charge in [0.2, 0.25) is 0 Å². The predicted octanol–water partition coefficient (Wildman–Crippen LogP) is 2.22. The van der Waals surface area contributed by atoms with E-state index in [-0.39, 0.29) is 22.6 Å². The molecule has 1 aromatic carbocycles. The summed E-state index contributed by atoms with van der Waals surface area (Å²) in [6.07, 6.45) is 2.79. The molecule has 1 aromatic rings. The summed E-state index contributed by atoms with van der Waals surface area (Å²) in [6.45, 7) is 2.13. The van der Waals surface area contributed by atoms with E-state index < -0.39 is 0 Å². The Hall–Kier alpha value is -1.42. The Bertz CT molecular complexity index is 424. The quantitative estimate of drug-likeness (QED) is 0.626. The molecular weight excluding hydrogens is 206 g/mol. The van der Waals surface area contributed by atoms with Gasteiger partial charge in [-0.1, -0.05) is 6.07 Å². The van der Waals surface area contributed by atoms with Crippen LogP contribution in [0.5, 0.6) is 0 Å². The van der Waals surface area contributed by atoms with E-state index in [2.05, 4.69) is 0 Å². The lowest BCUT2D eigenvalue weighted by atomic mass is 9.94. The Kier molecular flexibility index (Phi) is 2.68. The Balaban J connectivity index is 2.25. The summed E-state index contributed by atoms with van der Waals surface area (Å²) in [7, 11) is 0. The number of hydrogen-bond acceptors (Lipinski definition) is 3.